The number of amides is 1. The highest BCUT2D eigenvalue weighted by Gasteiger charge is 2.10. The first-order valence-electron chi connectivity index (χ1n) is 6.67. The molecular weight excluding hydrogens is 298 g/mol. The van der Waals surface area contributed by atoms with E-state index in [-0.39, 0.29) is 5.91 Å². The van der Waals surface area contributed by atoms with Crippen molar-refractivity contribution in [2.75, 3.05) is 5.32 Å². The van der Waals surface area contributed by atoms with Gasteiger partial charge in [0.2, 0.25) is 0 Å². The highest BCUT2D eigenvalue weighted by atomic mass is 32.1. The molecule has 0 atom stereocenters. The fraction of sp³-hybridized carbons (Fsp3) is 0.0667. The van der Waals surface area contributed by atoms with Crippen molar-refractivity contribution in [2.24, 2.45) is 0 Å². The van der Waals surface area contributed by atoms with E-state index < -0.39 is 0 Å². The lowest BCUT2D eigenvalue weighted by molar-refractivity contribution is 0.102. The first-order chi connectivity index (χ1) is 10.7. The number of aromatic nitrogens is 4. The van der Waals surface area contributed by atoms with Gasteiger partial charge in [0.05, 0.1) is 15.7 Å². The van der Waals surface area contributed by atoms with Gasteiger partial charge in [0.1, 0.15) is 5.82 Å². The molecule has 7 heteroatoms. The summed E-state index contributed by atoms with van der Waals surface area (Å²) >= 11 is 1.57. The molecule has 4 aromatic rings. The maximum absolute atomic E-state index is 12.4. The number of anilines is 1. The molecule has 3 heterocycles. The minimum atomic E-state index is -0.183. The third-order valence-electron chi connectivity index (χ3n) is 3.43. The zero-order valence-electron chi connectivity index (χ0n) is 11.6. The fourth-order valence-corrected chi connectivity index (χ4v) is 2.95. The van der Waals surface area contributed by atoms with Gasteiger partial charge in [0.15, 0.2) is 5.65 Å². The predicted octanol–water partition coefficient (Wildman–Crippen LogP) is 2.90. The van der Waals surface area contributed by atoms with E-state index in [1.54, 1.807) is 35.2 Å². The highest BCUT2D eigenvalue weighted by Crippen LogP contribution is 2.22. The summed E-state index contributed by atoms with van der Waals surface area (Å²) in [5.74, 6) is 0.605. The zero-order valence-corrected chi connectivity index (χ0v) is 12.5. The lowest BCUT2D eigenvalue weighted by atomic mass is 10.2. The Labute approximate surface area is 129 Å². The first kappa shape index (κ1) is 12.9. The lowest BCUT2D eigenvalue weighted by Gasteiger charge is -2.05. The number of benzene rings is 1. The Bertz CT molecular complexity index is 1000. The smallest absolute Gasteiger partial charge is 0.255 e. The van der Waals surface area contributed by atoms with Crippen LogP contribution in [0.15, 0.2) is 42.0 Å². The van der Waals surface area contributed by atoms with E-state index in [0.29, 0.717) is 11.2 Å². The second-order valence-electron chi connectivity index (χ2n) is 4.88. The summed E-state index contributed by atoms with van der Waals surface area (Å²) in [6.07, 6.45) is 1.79. The van der Waals surface area contributed by atoms with Crippen LogP contribution >= 0.6 is 11.3 Å². The zero-order chi connectivity index (χ0) is 15.1. The Morgan fingerprint density at radius 3 is 3.05 bits per heavy atom. The Hall–Kier alpha value is -2.80. The molecule has 1 amide bonds. The summed E-state index contributed by atoms with van der Waals surface area (Å²) in [6.45, 7) is 1.86. The Morgan fingerprint density at radius 1 is 1.23 bits per heavy atom. The molecule has 0 saturated carbocycles. The van der Waals surface area contributed by atoms with Crippen molar-refractivity contribution < 1.29 is 4.79 Å². The van der Waals surface area contributed by atoms with Crippen molar-refractivity contribution in [3.05, 3.63) is 53.4 Å². The Balaban J connectivity index is 1.64. The summed E-state index contributed by atoms with van der Waals surface area (Å²) in [5.41, 5.74) is 4.59. The van der Waals surface area contributed by atoms with E-state index in [1.807, 2.05) is 29.5 Å². The highest BCUT2D eigenvalue weighted by molar-refractivity contribution is 7.16. The van der Waals surface area contributed by atoms with Crippen molar-refractivity contribution in [3.63, 3.8) is 0 Å². The predicted molar refractivity (Wildman–Crippen MR) is 85.3 cm³/mol. The third kappa shape index (κ3) is 2.11. The number of hydrogen-bond donors (Lipinski definition) is 1. The van der Waals surface area contributed by atoms with Crippen LogP contribution in [0.5, 0.6) is 0 Å². The summed E-state index contributed by atoms with van der Waals surface area (Å²) < 4.78 is 2.93. The van der Waals surface area contributed by atoms with Gasteiger partial charge in [-0.25, -0.2) is 4.98 Å². The van der Waals surface area contributed by atoms with E-state index in [2.05, 4.69) is 20.5 Å². The van der Waals surface area contributed by atoms with Crippen LogP contribution in [0.4, 0.5) is 5.69 Å². The van der Waals surface area contributed by atoms with Gasteiger partial charge in [-0.15, -0.1) is 21.5 Å². The third-order valence-corrected chi connectivity index (χ3v) is 4.24. The van der Waals surface area contributed by atoms with Crippen molar-refractivity contribution in [1.82, 2.24) is 19.6 Å². The van der Waals surface area contributed by atoms with Gasteiger partial charge in [0.25, 0.3) is 5.91 Å². The number of carbonyl (C=O) groups is 1. The SMILES string of the molecule is Cc1nnc2cc(C(=O)Nc3ccc4scnc4c3)ccn12. The van der Waals surface area contributed by atoms with Crippen LogP contribution in [-0.2, 0) is 0 Å². The summed E-state index contributed by atoms with van der Waals surface area (Å²) in [7, 11) is 0. The molecule has 0 aliphatic carbocycles. The van der Waals surface area contributed by atoms with Crippen molar-refractivity contribution in [3.8, 4) is 0 Å². The maximum atomic E-state index is 12.4. The topological polar surface area (TPSA) is 72.2 Å². The number of aryl methyl sites for hydroxylation is 1. The van der Waals surface area contributed by atoms with E-state index in [0.717, 1.165) is 21.7 Å². The molecule has 0 spiro atoms. The minimum Gasteiger partial charge on any atom is -0.322 e. The minimum absolute atomic E-state index is 0.183. The second-order valence-corrected chi connectivity index (χ2v) is 5.77. The number of pyridine rings is 1. The number of hydrogen-bond acceptors (Lipinski definition) is 5. The van der Waals surface area contributed by atoms with Crippen LogP contribution in [0.1, 0.15) is 16.2 Å². The largest absolute Gasteiger partial charge is 0.322 e. The number of nitrogens with one attached hydrogen (secondary N) is 1. The van der Waals surface area contributed by atoms with Crippen molar-refractivity contribution >= 4 is 38.8 Å². The van der Waals surface area contributed by atoms with Gasteiger partial charge in [-0.3, -0.25) is 9.20 Å². The maximum Gasteiger partial charge on any atom is 0.255 e. The van der Waals surface area contributed by atoms with Gasteiger partial charge < -0.3 is 5.32 Å². The molecule has 0 aliphatic rings. The summed E-state index contributed by atoms with van der Waals surface area (Å²) in [6, 6.07) is 9.16. The molecule has 4 rings (SSSR count). The fourth-order valence-electron chi connectivity index (χ4n) is 2.29. The van der Waals surface area contributed by atoms with Crippen molar-refractivity contribution in [1.29, 1.82) is 0 Å². The summed E-state index contributed by atoms with van der Waals surface area (Å²) in [5, 5.41) is 10.9. The van der Waals surface area contributed by atoms with Crippen LogP contribution in [0.2, 0.25) is 0 Å². The van der Waals surface area contributed by atoms with Gasteiger partial charge in [-0.05, 0) is 37.3 Å². The van der Waals surface area contributed by atoms with Gasteiger partial charge in [-0.2, -0.15) is 0 Å². The molecule has 0 aliphatic heterocycles. The average molecular weight is 309 g/mol. The van der Waals surface area contributed by atoms with E-state index in [4.69, 9.17) is 0 Å². The van der Waals surface area contributed by atoms with Gasteiger partial charge >= 0.3 is 0 Å². The molecule has 6 nitrogen and oxygen atoms in total. The molecule has 108 valence electrons. The number of nitrogens with zero attached hydrogens (tertiary/aromatic N) is 4. The first-order valence-corrected chi connectivity index (χ1v) is 7.55. The quantitative estimate of drug-likeness (QED) is 0.618. The Morgan fingerprint density at radius 2 is 2.14 bits per heavy atom. The van der Waals surface area contributed by atoms with E-state index in [9.17, 15) is 4.79 Å². The van der Waals surface area contributed by atoms with Crippen LogP contribution in [0.25, 0.3) is 15.9 Å². The molecule has 0 radical (unpaired) electrons. The molecule has 1 aromatic carbocycles. The molecular formula is C15H11N5OS. The number of carbonyl (C=O) groups excluding carboxylic acids is 1. The Kier molecular flexibility index (Phi) is 2.87. The van der Waals surface area contributed by atoms with Crippen molar-refractivity contribution in [2.45, 2.75) is 6.92 Å². The molecule has 0 fully saturated rings. The lowest BCUT2D eigenvalue weighted by Crippen LogP contribution is -2.12. The van der Waals surface area contributed by atoms with Crippen LogP contribution in [0, 0.1) is 6.92 Å². The number of thiazole rings is 1. The standard InChI is InChI=1S/C15H11N5OS/c1-9-18-19-14-6-10(4-5-20(9)14)15(21)17-11-2-3-13-12(7-11)16-8-22-13/h2-8H,1H3,(H,17,21). The van der Waals surface area contributed by atoms with Crippen LogP contribution in [0.3, 0.4) is 0 Å². The number of rotatable bonds is 2. The van der Waals surface area contributed by atoms with Gasteiger partial charge in [0, 0.05) is 17.4 Å². The summed E-state index contributed by atoms with van der Waals surface area (Å²) in [4.78, 5) is 16.6. The normalized spacial score (nSPS) is 11.1. The monoisotopic (exact) mass is 309 g/mol. The van der Waals surface area contributed by atoms with E-state index in [1.165, 1.54) is 0 Å². The molecule has 3 aromatic heterocycles. The number of fused-ring (bicyclic) bond motifs is 2. The van der Waals surface area contributed by atoms with Crippen LogP contribution < -0.4 is 5.32 Å². The molecule has 0 saturated heterocycles. The second kappa shape index (κ2) is 4.88. The molecule has 0 bridgehead atoms. The van der Waals surface area contributed by atoms with Gasteiger partial charge in [-0.1, -0.05) is 0 Å². The van der Waals surface area contributed by atoms with Crippen LogP contribution in [-0.4, -0.2) is 25.5 Å². The van der Waals surface area contributed by atoms with E-state index >= 15 is 0 Å². The molecule has 22 heavy (non-hydrogen) atoms. The molecule has 1 N–H and O–H groups in total. The average Bonchev–Trinajstić information content (AvgIpc) is 3.13. The molecule has 0 unspecified atom stereocenters.